The summed E-state index contributed by atoms with van der Waals surface area (Å²) in [6, 6.07) is 5.25. The van der Waals surface area contributed by atoms with Crippen molar-refractivity contribution in [3.8, 4) is 0 Å². The molecule has 1 amide bonds. The zero-order chi connectivity index (χ0) is 13.1. The van der Waals surface area contributed by atoms with E-state index >= 15 is 0 Å². The topological polar surface area (TPSA) is 72.3 Å². The Labute approximate surface area is 112 Å². The van der Waals surface area contributed by atoms with Crippen molar-refractivity contribution in [2.75, 3.05) is 29.5 Å². The van der Waals surface area contributed by atoms with Crippen molar-refractivity contribution in [2.45, 2.75) is 18.6 Å². The highest BCUT2D eigenvalue weighted by molar-refractivity contribution is 8.00. The third kappa shape index (κ3) is 2.72. The van der Waals surface area contributed by atoms with Crippen molar-refractivity contribution < 1.29 is 4.79 Å². The van der Waals surface area contributed by atoms with E-state index in [-0.39, 0.29) is 0 Å². The molecule has 1 aliphatic rings. The smallest absolute Gasteiger partial charge is 0.248 e. The molecule has 1 unspecified atom stereocenters. The van der Waals surface area contributed by atoms with Crippen LogP contribution in [-0.4, -0.2) is 30.0 Å². The van der Waals surface area contributed by atoms with Gasteiger partial charge in [0, 0.05) is 29.7 Å². The van der Waals surface area contributed by atoms with Gasteiger partial charge < -0.3 is 16.4 Å². The molecule has 4 N–H and O–H groups in total. The van der Waals surface area contributed by atoms with E-state index in [1.165, 1.54) is 0 Å². The number of hydrogen-bond donors (Lipinski definition) is 2. The second-order valence-corrected chi connectivity index (χ2v) is 5.89. The van der Waals surface area contributed by atoms with Crippen molar-refractivity contribution in [1.82, 2.24) is 0 Å². The number of nitrogens with two attached hydrogens (primary N) is 2. The van der Waals surface area contributed by atoms with Crippen LogP contribution in [0.5, 0.6) is 0 Å². The fourth-order valence-electron chi connectivity index (χ4n) is 2.16. The average molecular weight is 265 g/mol. The van der Waals surface area contributed by atoms with Gasteiger partial charge >= 0.3 is 0 Å². The summed E-state index contributed by atoms with van der Waals surface area (Å²) in [5, 5.41) is 0.635. The lowest BCUT2D eigenvalue weighted by atomic mass is 10.1. The third-order valence-corrected chi connectivity index (χ3v) is 4.62. The zero-order valence-corrected chi connectivity index (χ0v) is 11.4. The van der Waals surface area contributed by atoms with Crippen LogP contribution < -0.4 is 16.4 Å². The Kier molecular flexibility index (Phi) is 4.01. The first-order chi connectivity index (χ1) is 8.61. The molecule has 0 spiro atoms. The molecule has 0 bridgehead atoms. The largest absolute Gasteiger partial charge is 0.397 e. The number of amides is 1. The second kappa shape index (κ2) is 5.52. The van der Waals surface area contributed by atoms with Crippen molar-refractivity contribution >= 4 is 29.0 Å². The van der Waals surface area contributed by atoms with Crippen molar-refractivity contribution in [3.05, 3.63) is 23.8 Å². The molecule has 0 saturated carbocycles. The normalized spacial score (nSPS) is 19.8. The fourth-order valence-corrected chi connectivity index (χ4v) is 3.34. The molecule has 1 fully saturated rings. The number of carbonyl (C=O) groups is 1. The summed E-state index contributed by atoms with van der Waals surface area (Å²) in [7, 11) is 0. The van der Waals surface area contributed by atoms with E-state index in [1.807, 2.05) is 11.8 Å². The Hall–Kier alpha value is -1.36. The number of hydrogen-bond acceptors (Lipinski definition) is 4. The van der Waals surface area contributed by atoms with Gasteiger partial charge in [-0.2, -0.15) is 11.8 Å². The van der Waals surface area contributed by atoms with Crippen molar-refractivity contribution in [3.63, 3.8) is 0 Å². The van der Waals surface area contributed by atoms with Crippen LogP contribution >= 0.6 is 11.8 Å². The standard InChI is InChI=1S/C13H19N3OS/c1-2-10-8-16(5-6-18-10)12-7-9(13(15)17)3-4-11(12)14/h3-4,7,10H,2,5-6,8,14H2,1H3,(H2,15,17). The van der Waals surface area contributed by atoms with Gasteiger partial charge in [-0.1, -0.05) is 6.92 Å². The monoisotopic (exact) mass is 265 g/mol. The van der Waals surface area contributed by atoms with E-state index in [0.717, 1.165) is 31.0 Å². The molecule has 5 heteroatoms. The Morgan fingerprint density at radius 1 is 1.56 bits per heavy atom. The molecule has 1 atom stereocenters. The summed E-state index contributed by atoms with van der Waals surface area (Å²) >= 11 is 2.00. The summed E-state index contributed by atoms with van der Waals surface area (Å²) < 4.78 is 0. The number of rotatable bonds is 3. The predicted octanol–water partition coefficient (Wildman–Crippen LogP) is 1.70. The molecular formula is C13H19N3OS. The average Bonchev–Trinajstić information content (AvgIpc) is 2.39. The van der Waals surface area contributed by atoms with Crippen LogP contribution in [0.2, 0.25) is 0 Å². The van der Waals surface area contributed by atoms with Crippen LogP contribution in [0.4, 0.5) is 11.4 Å². The number of carbonyl (C=O) groups excluding carboxylic acids is 1. The minimum atomic E-state index is -0.408. The van der Waals surface area contributed by atoms with Gasteiger partial charge in [-0.3, -0.25) is 4.79 Å². The van der Waals surface area contributed by atoms with Crippen molar-refractivity contribution in [1.29, 1.82) is 0 Å². The van der Waals surface area contributed by atoms with E-state index < -0.39 is 5.91 Å². The highest BCUT2D eigenvalue weighted by atomic mass is 32.2. The second-order valence-electron chi connectivity index (χ2n) is 4.48. The van der Waals surface area contributed by atoms with Gasteiger partial charge in [0.25, 0.3) is 0 Å². The van der Waals surface area contributed by atoms with Gasteiger partial charge in [0.2, 0.25) is 5.91 Å². The maximum atomic E-state index is 11.2. The number of nitrogen functional groups attached to an aromatic ring is 1. The first kappa shape index (κ1) is 13.1. The molecule has 1 aromatic rings. The molecule has 1 saturated heterocycles. The van der Waals surface area contributed by atoms with E-state index in [9.17, 15) is 4.79 Å². The Morgan fingerprint density at radius 3 is 3.00 bits per heavy atom. The molecule has 18 heavy (non-hydrogen) atoms. The first-order valence-corrected chi connectivity index (χ1v) is 7.22. The van der Waals surface area contributed by atoms with Crippen molar-refractivity contribution in [2.24, 2.45) is 5.73 Å². The van der Waals surface area contributed by atoms with Crippen LogP contribution in [0.15, 0.2) is 18.2 Å². The quantitative estimate of drug-likeness (QED) is 0.816. The van der Waals surface area contributed by atoms with Crippen LogP contribution in [-0.2, 0) is 0 Å². The summed E-state index contributed by atoms with van der Waals surface area (Å²) in [4.78, 5) is 13.5. The van der Waals surface area contributed by atoms with Gasteiger partial charge in [-0.15, -0.1) is 0 Å². The van der Waals surface area contributed by atoms with E-state index in [0.29, 0.717) is 16.5 Å². The van der Waals surface area contributed by atoms with Gasteiger partial charge in [-0.25, -0.2) is 0 Å². The number of primary amides is 1. The highest BCUT2D eigenvalue weighted by Crippen LogP contribution is 2.30. The summed E-state index contributed by atoms with van der Waals surface area (Å²) in [5.41, 5.74) is 13.5. The van der Waals surface area contributed by atoms with E-state index in [4.69, 9.17) is 11.5 Å². The molecule has 2 rings (SSSR count). The van der Waals surface area contributed by atoms with Crippen LogP contribution in [0.1, 0.15) is 23.7 Å². The molecule has 1 heterocycles. The van der Waals surface area contributed by atoms with Gasteiger partial charge in [0.1, 0.15) is 0 Å². The zero-order valence-electron chi connectivity index (χ0n) is 10.6. The van der Waals surface area contributed by atoms with Crippen LogP contribution in [0, 0.1) is 0 Å². The maximum Gasteiger partial charge on any atom is 0.248 e. The Bertz CT molecular complexity index is 450. The molecule has 0 aromatic heterocycles. The number of nitrogens with zero attached hydrogens (tertiary/aromatic N) is 1. The summed E-state index contributed by atoms with van der Waals surface area (Å²) in [6.45, 7) is 4.14. The SMILES string of the molecule is CCC1CN(c2cc(C(N)=O)ccc2N)CCS1. The Balaban J connectivity index is 2.26. The number of anilines is 2. The van der Waals surface area contributed by atoms with Gasteiger partial charge in [0.15, 0.2) is 0 Å². The molecule has 0 aliphatic carbocycles. The lowest BCUT2D eigenvalue weighted by Gasteiger charge is -2.34. The number of thioether (sulfide) groups is 1. The number of benzene rings is 1. The van der Waals surface area contributed by atoms with E-state index in [2.05, 4.69) is 11.8 Å². The lowest BCUT2D eigenvalue weighted by molar-refractivity contribution is 0.100. The molecule has 4 nitrogen and oxygen atoms in total. The lowest BCUT2D eigenvalue weighted by Crippen LogP contribution is -2.38. The Morgan fingerprint density at radius 2 is 2.33 bits per heavy atom. The molecule has 0 radical (unpaired) electrons. The fraction of sp³-hybridized carbons (Fsp3) is 0.462. The first-order valence-electron chi connectivity index (χ1n) is 6.17. The van der Waals surface area contributed by atoms with E-state index in [1.54, 1.807) is 18.2 Å². The van der Waals surface area contributed by atoms with Crippen LogP contribution in [0.25, 0.3) is 0 Å². The molecular weight excluding hydrogens is 246 g/mol. The predicted molar refractivity (Wildman–Crippen MR) is 78.1 cm³/mol. The summed E-state index contributed by atoms with van der Waals surface area (Å²) in [6.07, 6.45) is 1.15. The minimum Gasteiger partial charge on any atom is -0.397 e. The minimum absolute atomic E-state index is 0.408. The van der Waals surface area contributed by atoms with Crippen LogP contribution in [0.3, 0.4) is 0 Å². The maximum absolute atomic E-state index is 11.2. The highest BCUT2D eigenvalue weighted by Gasteiger charge is 2.21. The van der Waals surface area contributed by atoms with Gasteiger partial charge in [0.05, 0.1) is 11.4 Å². The molecule has 98 valence electrons. The van der Waals surface area contributed by atoms with Gasteiger partial charge in [-0.05, 0) is 24.6 Å². The molecule has 1 aliphatic heterocycles. The third-order valence-electron chi connectivity index (χ3n) is 3.25. The molecule has 1 aromatic carbocycles. The summed E-state index contributed by atoms with van der Waals surface area (Å²) in [5.74, 6) is 0.688.